The largest absolute Gasteiger partial charge is 0.317 e. The molecule has 0 saturated carbocycles. The van der Waals surface area contributed by atoms with Crippen molar-refractivity contribution in [3.8, 4) is 0 Å². The summed E-state index contributed by atoms with van der Waals surface area (Å²) in [5.74, 6) is 0. The molecule has 0 amide bonds. The first-order chi connectivity index (χ1) is 4.41. The van der Waals surface area contributed by atoms with Crippen LogP contribution in [0.4, 0.5) is 0 Å². The number of nitrogens with one attached hydrogen (secondary N) is 1. The molecule has 0 heterocycles. The van der Waals surface area contributed by atoms with Crippen LogP contribution in [0.2, 0.25) is 0 Å². The van der Waals surface area contributed by atoms with Crippen molar-refractivity contribution in [2.24, 2.45) is 0 Å². The number of rotatable bonds is 6. The van der Waals surface area contributed by atoms with Crippen molar-refractivity contribution in [1.29, 1.82) is 0 Å². The van der Waals surface area contributed by atoms with Crippen LogP contribution in [0.5, 0.6) is 0 Å². The van der Waals surface area contributed by atoms with Crippen LogP contribution in [-0.2, 0) is 0 Å². The summed E-state index contributed by atoms with van der Waals surface area (Å²) in [6, 6.07) is 0. The average molecular weight is 129 g/mol. The zero-order chi connectivity index (χ0) is 6.95. The van der Waals surface area contributed by atoms with Crippen LogP contribution in [0.3, 0.4) is 0 Å². The third-order valence-electron chi connectivity index (χ3n) is 1.46. The summed E-state index contributed by atoms with van der Waals surface area (Å²) in [4.78, 5) is 0. The molecule has 0 aromatic rings. The lowest BCUT2D eigenvalue weighted by atomic mass is 10.2. The molecule has 1 nitrogen and oxygen atoms in total. The van der Waals surface area contributed by atoms with Crippen LogP contribution < -0.4 is 5.32 Å². The van der Waals surface area contributed by atoms with Crippen LogP contribution in [0, 0.1) is 0 Å². The summed E-state index contributed by atoms with van der Waals surface area (Å²) in [6.07, 6.45) is 5.47. The minimum absolute atomic E-state index is 1.12. The van der Waals surface area contributed by atoms with Crippen molar-refractivity contribution in [3.05, 3.63) is 0 Å². The lowest BCUT2D eigenvalue weighted by Crippen LogP contribution is -2.13. The highest BCUT2D eigenvalue weighted by atomic mass is 14.8. The van der Waals surface area contributed by atoms with E-state index in [0.29, 0.717) is 0 Å². The van der Waals surface area contributed by atoms with Crippen molar-refractivity contribution in [2.45, 2.75) is 39.5 Å². The normalized spacial score (nSPS) is 10.0. The van der Waals surface area contributed by atoms with Crippen LogP contribution in [-0.4, -0.2) is 13.1 Å². The molecule has 0 aliphatic rings. The monoisotopic (exact) mass is 129 g/mol. The Labute approximate surface area is 58.8 Å². The summed E-state index contributed by atoms with van der Waals surface area (Å²) in [5.41, 5.74) is 0. The van der Waals surface area contributed by atoms with Crippen LogP contribution in [0.25, 0.3) is 0 Å². The van der Waals surface area contributed by atoms with E-state index in [-0.39, 0.29) is 0 Å². The van der Waals surface area contributed by atoms with Gasteiger partial charge in [-0.1, -0.05) is 33.1 Å². The predicted octanol–water partition coefficient (Wildman–Crippen LogP) is 2.18. The first-order valence-corrected chi connectivity index (χ1v) is 4.12. The van der Waals surface area contributed by atoms with Gasteiger partial charge in [-0.3, -0.25) is 0 Å². The van der Waals surface area contributed by atoms with E-state index in [4.69, 9.17) is 0 Å². The molecule has 0 unspecified atom stereocenters. The van der Waals surface area contributed by atoms with E-state index in [2.05, 4.69) is 19.2 Å². The maximum atomic E-state index is 3.31. The smallest absolute Gasteiger partial charge is 0.00490 e. The van der Waals surface area contributed by atoms with E-state index in [1.807, 2.05) is 0 Å². The molecule has 0 aliphatic heterocycles. The topological polar surface area (TPSA) is 12.0 Å². The molecule has 1 N–H and O–H groups in total. The number of unbranched alkanes of at least 4 members (excludes halogenated alkanes) is 3. The molecule has 0 bridgehead atoms. The highest BCUT2D eigenvalue weighted by molar-refractivity contribution is 4.44. The molecule has 0 saturated heterocycles. The Bertz CT molecular complexity index is 37.8. The van der Waals surface area contributed by atoms with Gasteiger partial charge in [0.25, 0.3) is 0 Å². The van der Waals surface area contributed by atoms with E-state index in [0.717, 1.165) is 6.54 Å². The van der Waals surface area contributed by atoms with Crippen molar-refractivity contribution < 1.29 is 0 Å². The second-order valence-electron chi connectivity index (χ2n) is 2.41. The first-order valence-electron chi connectivity index (χ1n) is 4.12. The Kier molecular flexibility index (Phi) is 7.92. The molecule has 0 fully saturated rings. The molecule has 0 radical (unpaired) electrons. The Morgan fingerprint density at radius 2 is 1.78 bits per heavy atom. The maximum Gasteiger partial charge on any atom is -0.00490 e. The van der Waals surface area contributed by atoms with E-state index >= 15 is 0 Å². The van der Waals surface area contributed by atoms with Crippen molar-refractivity contribution in [3.63, 3.8) is 0 Å². The van der Waals surface area contributed by atoms with Crippen molar-refractivity contribution in [2.75, 3.05) is 13.1 Å². The van der Waals surface area contributed by atoms with Gasteiger partial charge in [0.15, 0.2) is 0 Å². The van der Waals surface area contributed by atoms with Crippen molar-refractivity contribution >= 4 is 0 Å². The lowest BCUT2D eigenvalue weighted by molar-refractivity contribution is 0.611. The predicted molar refractivity (Wildman–Crippen MR) is 42.7 cm³/mol. The van der Waals surface area contributed by atoms with Crippen LogP contribution >= 0.6 is 0 Å². The van der Waals surface area contributed by atoms with E-state index in [1.165, 1.54) is 32.2 Å². The molecule has 0 aromatic heterocycles. The van der Waals surface area contributed by atoms with E-state index in [9.17, 15) is 0 Å². The van der Waals surface area contributed by atoms with E-state index < -0.39 is 0 Å². The Balaban J connectivity index is 2.60. The number of hydrogen-bond acceptors (Lipinski definition) is 1. The minimum Gasteiger partial charge on any atom is -0.317 e. The van der Waals surface area contributed by atoms with Gasteiger partial charge in [0.05, 0.1) is 0 Å². The van der Waals surface area contributed by atoms with Gasteiger partial charge in [-0.05, 0) is 19.5 Å². The second kappa shape index (κ2) is 7.96. The van der Waals surface area contributed by atoms with Crippen LogP contribution in [0.1, 0.15) is 39.5 Å². The summed E-state index contributed by atoms with van der Waals surface area (Å²) in [7, 11) is 0. The summed E-state index contributed by atoms with van der Waals surface area (Å²) < 4.78 is 0. The highest BCUT2D eigenvalue weighted by Gasteiger charge is 1.84. The Morgan fingerprint density at radius 3 is 2.33 bits per heavy atom. The molecule has 0 rings (SSSR count). The van der Waals surface area contributed by atoms with Gasteiger partial charge in [0, 0.05) is 0 Å². The molecule has 1 heteroatoms. The molecular weight excluding hydrogens is 110 g/mol. The fraction of sp³-hybridized carbons (Fsp3) is 1.00. The summed E-state index contributed by atoms with van der Waals surface area (Å²) in [6.45, 7) is 6.72. The number of hydrogen-bond donors (Lipinski definition) is 1. The lowest BCUT2D eigenvalue weighted by Gasteiger charge is -1.98. The fourth-order valence-electron chi connectivity index (χ4n) is 0.854. The second-order valence-corrected chi connectivity index (χ2v) is 2.41. The molecule has 0 atom stereocenters. The minimum atomic E-state index is 1.12. The SMILES string of the molecule is CCCCCCNCC. The maximum absolute atomic E-state index is 3.31. The first kappa shape index (κ1) is 8.96. The third-order valence-corrected chi connectivity index (χ3v) is 1.46. The van der Waals surface area contributed by atoms with Gasteiger partial charge in [-0.15, -0.1) is 0 Å². The standard InChI is InChI=1S/C8H19N/c1-3-5-6-7-8-9-4-2/h9H,3-8H2,1-2H3. The average Bonchev–Trinajstić information content (AvgIpc) is 1.89. The van der Waals surface area contributed by atoms with Gasteiger partial charge < -0.3 is 5.32 Å². The van der Waals surface area contributed by atoms with E-state index in [1.54, 1.807) is 0 Å². The van der Waals surface area contributed by atoms with Gasteiger partial charge in [0.2, 0.25) is 0 Å². The third kappa shape index (κ3) is 7.96. The van der Waals surface area contributed by atoms with Gasteiger partial charge in [-0.25, -0.2) is 0 Å². The van der Waals surface area contributed by atoms with Crippen LogP contribution in [0.15, 0.2) is 0 Å². The molecule has 0 aliphatic carbocycles. The highest BCUT2D eigenvalue weighted by Crippen LogP contribution is 1.96. The molecular formula is C8H19N. The summed E-state index contributed by atoms with van der Waals surface area (Å²) in [5, 5.41) is 3.31. The Hall–Kier alpha value is -0.0400. The Morgan fingerprint density at radius 1 is 1.00 bits per heavy atom. The molecule has 0 spiro atoms. The van der Waals surface area contributed by atoms with Crippen molar-refractivity contribution in [1.82, 2.24) is 5.32 Å². The molecule has 0 aromatic carbocycles. The molecule has 9 heavy (non-hydrogen) atoms. The van der Waals surface area contributed by atoms with Gasteiger partial charge >= 0.3 is 0 Å². The molecule has 56 valence electrons. The zero-order valence-electron chi connectivity index (χ0n) is 6.74. The van der Waals surface area contributed by atoms with Gasteiger partial charge in [-0.2, -0.15) is 0 Å². The quantitative estimate of drug-likeness (QED) is 0.542. The van der Waals surface area contributed by atoms with Gasteiger partial charge in [0.1, 0.15) is 0 Å². The zero-order valence-corrected chi connectivity index (χ0v) is 6.74. The fourth-order valence-corrected chi connectivity index (χ4v) is 0.854. The summed E-state index contributed by atoms with van der Waals surface area (Å²) >= 11 is 0.